The van der Waals surface area contributed by atoms with Gasteiger partial charge in [-0.1, -0.05) is 31.2 Å². The Labute approximate surface area is 125 Å². The predicted octanol–water partition coefficient (Wildman–Crippen LogP) is 3.31. The molecule has 0 spiro atoms. The van der Waals surface area contributed by atoms with Crippen molar-refractivity contribution >= 4 is 16.5 Å². The highest BCUT2D eigenvalue weighted by Crippen LogP contribution is 2.35. The number of fused-ring (bicyclic) bond motifs is 1. The molecule has 0 bridgehead atoms. The van der Waals surface area contributed by atoms with Crippen molar-refractivity contribution in [2.24, 2.45) is 5.41 Å². The van der Waals surface area contributed by atoms with Crippen LogP contribution in [0.15, 0.2) is 36.4 Å². The monoisotopic (exact) mass is 280 g/mol. The zero-order chi connectivity index (χ0) is 14.9. The summed E-state index contributed by atoms with van der Waals surface area (Å²) in [6.45, 7) is 4.23. The molecule has 1 aliphatic rings. The molecule has 0 aromatic heterocycles. The molecule has 2 aromatic carbocycles. The lowest BCUT2D eigenvalue weighted by Crippen LogP contribution is -2.43. The van der Waals surface area contributed by atoms with Crippen molar-refractivity contribution in [1.29, 1.82) is 5.26 Å². The number of benzene rings is 2. The van der Waals surface area contributed by atoms with Crippen LogP contribution in [0, 0.1) is 16.7 Å². The molecule has 3 rings (SSSR count). The van der Waals surface area contributed by atoms with Gasteiger partial charge in [0, 0.05) is 35.0 Å². The summed E-state index contributed by atoms with van der Waals surface area (Å²) >= 11 is 0. The number of aliphatic hydroxyl groups is 1. The number of anilines is 1. The molecule has 2 aromatic rings. The van der Waals surface area contributed by atoms with Crippen LogP contribution >= 0.6 is 0 Å². The Hall–Kier alpha value is -2.05. The standard InChI is InChI=1S/C18H20N2O/c1-18(13-21)9-4-10-20(12-18)17-8-7-14(11-19)15-5-2-3-6-16(15)17/h2-3,5-8,21H,4,9-10,12-13H2,1H3. The molecule has 0 saturated carbocycles. The van der Waals surface area contributed by atoms with Crippen molar-refractivity contribution in [3.63, 3.8) is 0 Å². The maximum absolute atomic E-state index is 9.64. The molecule has 0 amide bonds. The zero-order valence-corrected chi connectivity index (χ0v) is 12.3. The highest BCUT2D eigenvalue weighted by molar-refractivity contribution is 5.97. The smallest absolute Gasteiger partial charge is 0.0998 e. The molecular formula is C18H20N2O. The second-order valence-electron chi connectivity index (χ2n) is 6.28. The first-order valence-electron chi connectivity index (χ1n) is 7.44. The van der Waals surface area contributed by atoms with E-state index < -0.39 is 0 Å². The number of piperidine rings is 1. The van der Waals surface area contributed by atoms with E-state index in [4.69, 9.17) is 0 Å². The lowest BCUT2D eigenvalue weighted by atomic mass is 9.82. The minimum Gasteiger partial charge on any atom is -0.396 e. The van der Waals surface area contributed by atoms with Crippen molar-refractivity contribution in [1.82, 2.24) is 0 Å². The van der Waals surface area contributed by atoms with Gasteiger partial charge < -0.3 is 10.0 Å². The van der Waals surface area contributed by atoms with Crippen LogP contribution in [-0.4, -0.2) is 24.8 Å². The van der Waals surface area contributed by atoms with Crippen molar-refractivity contribution in [2.45, 2.75) is 19.8 Å². The fraction of sp³-hybridized carbons (Fsp3) is 0.389. The van der Waals surface area contributed by atoms with Crippen LogP contribution in [0.5, 0.6) is 0 Å². The van der Waals surface area contributed by atoms with Gasteiger partial charge in [0.2, 0.25) is 0 Å². The summed E-state index contributed by atoms with van der Waals surface area (Å²) in [5, 5.41) is 21.0. The van der Waals surface area contributed by atoms with Crippen LogP contribution in [0.1, 0.15) is 25.3 Å². The van der Waals surface area contributed by atoms with Gasteiger partial charge in [0.25, 0.3) is 0 Å². The molecular weight excluding hydrogens is 260 g/mol. The van der Waals surface area contributed by atoms with Gasteiger partial charge in [0.15, 0.2) is 0 Å². The van der Waals surface area contributed by atoms with E-state index in [1.807, 2.05) is 30.3 Å². The van der Waals surface area contributed by atoms with Gasteiger partial charge in [0.05, 0.1) is 18.2 Å². The number of hydrogen-bond donors (Lipinski definition) is 1. The van der Waals surface area contributed by atoms with Crippen molar-refractivity contribution in [2.75, 3.05) is 24.6 Å². The Morgan fingerprint density at radius 2 is 2.00 bits per heavy atom. The van der Waals surface area contributed by atoms with Crippen LogP contribution in [0.2, 0.25) is 0 Å². The van der Waals surface area contributed by atoms with E-state index >= 15 is 0 Å². The minimum atomic E-state index is -0.0345. The van der Waals surface area contributed by atoms with Crippen LogP contribution < -0.4 is 4.90 Å². The van der Waals surface area contributed by atoms with E-state index in [1.165, 1.54) is 5.69 Å². The maximum Gasteiger partial charge on any atom is 0.0998 e. The van der Waals surface area contributed by atoms with Crippen molar-refractivity contribution in [3.8, 4) is 6.07 Å². The normalized spacial score (nSPS) is 22.2. The molecule has 108 valence electrons. The molecule has 3 nitrogen and oxygen atoms in total. The fourth-order valence-corrected chi connectivity index (χ4v) is 3.31. The second-order valence-corrected chi connectivity index (χ2v) is 6.28. The zero-order valence-electron chi connectivity index (χ0n) is 12.3. The number of hydrogen-bond acceptors (Lipinski definition) is 3. The van der Waals surface area contributed by atoms with Gasteiger partial charge in [0.1, 0.15) is 0 Å². The van der Waals surface area contributed by atoms with Gasteiger partial charge in [-0.2, -0.15) is 5.26 Å². The molecule has 1 heterocycles. The summed E-state index contributed by atoms with van der Waals surface area (Å²) < 4.78 is 0. The van der Waals surface area contributed by atoms with Gasteiger partial charge in [-0.05, 0) is 25.0 Å². The van der Waals surface area contributed by atoms with E-state index in [0.29, 0.717) is 0 Å². The third-order valence-electron chi connectivity index (χ3n) is 4.52. The van der Waals surface area contributed by atoms with E-state index in [0.717, 1.165) is 42.3 Å². The molecule has 1 aliphatic heterocycles. The summed E-state index contributed by atoms with van der Waals surface area (Å²) in [4.78, 5) is 2.35. The van der Waals surface area contributed by atoms with Crippen LogP contribution in [-0.2, 0) is 0 Å². The number of rotatable bonds is 2. The van der Waals surface area contributed by atoms with Gasteiger partial charge in [-0.15, -0.1) is 0 Å². The fourth-order valence-electron chi connectivity index (χ4n) is 3.31. The first-order chi connectivity index (χ1) is 10.2. The Balaban J connectivity index is 2.07. The Morgan fingerprint density at radius 1 is 1.24 bits per heavy atom. The van der Waals surface area contributed by atoms with Gasteiger partial charge in [-0.25, -0.2) is 0 Å². The molecule has 1 saturated heterocycles. The highest BCUT2D eigenvalue weighted by atomic mass is 16.3. The second kappa shape index (κ2) is 5.38. The van der Waals surface area contributed by atoms with Crippen LogP contribution in [0.4, 0.5) is 5.69 Å². The topological polar surface area (TPSA) is 47.3 Å². The van der Waals surface area contributed by atoms with E-state index in [-0.39, 0.29) is 12.0 Å². The maximum atomic E-state index is 9.64. The van der Waals surface area contributed by atoms with E-state index in [2.05, 4.69) is 24.0 Å². The summed E-state index contributed by atoms with van der Waals surface area (Å²) in [6, 6.07) is 14.3. The molecule has 1 atom stereocenters. The number of nitrogens with zero attached hydrogens (tertiary/aromatic N) is 2. The molecule has 1 unspecified atom stereocenters. The SMILES string of the molecule is CC1(CO)CCCN(c2ccc(C#N)c3ccccc23)C1. The number of nitriles is 1. The Bertz CT molecular complexity index is 704. The molecule has 21 heavy (non-hydrogen) atoms. The van der Waals surface area contributed by atoms with Crippen LogP contribution in [0.3, 0.4) is 0 Å². The minimum absolute atomic E-state index is 0.0345. The largest absolute Gasteiger partial charge is 0.396 e. The lowest BCUT2D eigenvalue weighted by Gasteiger charge is -2.41. The average molecular weight is 280 g/mol. The Morgan fingerprint density at radius 3 is 2.71 bits per heavy atom. The summed E-state index contributed by atoms with van der Waals surface area (Å²) in [5.41, 5.74) is 1.85. The highest BCUT2D eigenvalue weighted by Gasteiger charge is 2.31. The molecule has 0 radical (unpaired) electrons. The molecule has 3 heteroatoms. The quantitative estimate of drug-likeness (QED) is 0.918. The third-order valence-corrected chi connectivity index (χ3v) is 4.52. The summed E-state index contributed by atoms with van der Waals surface area (Å²) in [6.07, 6.45) is 2.15. The van der Waals surface area contributed by atoms with Crippen molar-refractivity contribution in [3.05, 3.63) is 42.0 Å². The van der Waals surface area contributed by atoms with E-state index in [9.17, 15) is 10.4 Å². The predicted molar refractivity (Wildman–Crippen MR) is 85.3 cm³/mol. The average Bonchev–Trinajstić information content (AvgIpc) is 2.54. The Kier molecular flexibility index (Phi) is 3.57. The lowest BCUT2D eigenvalue weighted by molar-refractivity contribution is 0.123. The molecule has 0 aliphatic carbocycles. The molecule has 1 N–H and O–H groups in total. The summed E-state index contributed by atoms with van der Waals surface area (Å²) in [7, 11) is 0. The first-order valence-corrected chi connectivity index (χ1v) is 7.44. The van der Waals surface area contributed by atoms with Gasteiger partial charge >= 0.3 is 0 Å². The van der Waals surface area contributed by atoms with Gasteiger partial charge in [-0.3, -0.25) is 0 Å². The van der Waals surface area contributed by atoms with Crippen LogP contribution in [0.25, 0.3) is 10.8 Å². The number of aliphatic hydroxyl groups excluding tert-OH is 1. The summed E-state index contributed by atoms with van der Waals surface area (Å²) in [5.74, 6) is 0. The van der Waals surface area contributed by atoms with E-state index in [1.54, 1.807) is 0 Å². The molecule has 1 fully saturated rings. The third kappa shape index (κ3) is 2.48. The first kappa shape index (κ1) is 13.9. The van der Waals surface area contributed by atoms with Crippen molar-refractivity contribution < 1.29 is 5.11 Å².